The molecule has 0 aliphatic heterocycles. The standard InChI is InChI=1S/C14H27N3O3Si/c1-8-12(5)15-18-21(11-4,19-16-13(6)9-2)20-17-14(7)10-3/h11H,4,8-10H2,1-3,5-7H3/b15-12-,16-13+,17-14+. The van der Waals surface area contributed by atoms with Crippen LogP contribution in [0.15, 0.2) is 27.7 Å². The SMILES string of the molecule is C=C[Si](O/N=C(/C)CC)(O/N=C(\C)CC)O/N=C(\C)CC. The molecule has 0 N–H and O–H groups in total. The molecule has 0 aromatic heterocycles. The predicted octanol–water partition coefficient (Wildman–Crippen LogP) is 4.06. The van der Waals surface area contributed by atoms with E-state index in [1.54, 1.807) is 0 Å². The van der Waals surface area contributed by atoms with Crippen molar-refractivity contribution in [1.29, 1.82) is 0 Å². The average Bonchev–Trinajstić information content (AvgIpc) is 2.53. The second-order valence-electron chi connectivity index (χ2n) is 4.62. The van der Waals surface area contributed by atoms with Crippen molar-refractivity contribution in [2.24, 2.45) is 15.5 Å². The molecule has 21 heavy (non-hydrogen) atoms. The van der Waals surface area contributed by atoms with Gasteiger partial charge in [0, 0.05) is 5.70 Å². The van der Waals surface area contributed by atoms with Gasteiger partial charge in [-0.2, -0.15) is 0 Å². The third-order valence-corrected chi connectivity index (χ3v) is 4.31. The number of oxime groups is 3. The third-order valence-electron chi connectivity index (χ3n) is 2.77. The first-order chi connectivity index (χ1) is 9.92. The number of hydrogen-bond donors (Lipinski definition) is 0. The van der Waals surface area contributed by atoms with Crippen molar-refractivity contribution in [3.8, 4) is 0 Å². The van der Waals surface area contributed by atoms with E-state index in [0.29, 0.717) is 0 Å². The van der Waals surface area contributed by atoms with Gasteiger partial charge in [-0.3, -0.25) is 0 Å². The van der Waals surface area contributed by atoms with Crippen molar-refractivity contribution in [2.45, 2.75) is 60.8 Å². The van der Waals surface area contributed by atoms with Crippen molar-refractivity contribution in [3.63, 3.8) is 0 Å². The first-order valence-electron chi connectivity index (χ1n) is 7.21. The van der Waals surface area contributed by atoms with Crippen LogP contribution < -0.4 is 0 Å². The Bertz CT molecular complexity index is 365. The molecule has 0 amide bonds. The van der Waals surface area contributed by atoms with Crippen LogP contribution in [0, 0.1) is 0 Å². The highest BCUT2D eigenvalue weighted by Crippen LogP contribution is 2.14. The number of rotatable bonds is 10. The highest BCUT2D eigenvalue weighted by Gasteiger charge is 2.48. The van der Waals surface area contributed by atoms with Crippen LogP contribution in [0.5, 0.6) is 0 Å². The topological polar surface area (TPSA) is 64.8 Å². The summed E-state index contributed by atoms with van der Waals surface area (Å²) in [5, 5.41) is 12.0. The highest BCUT2D eigenvalue weighted by molar-refractivity contribution is 6.66. The lowest BCUT2D eigenvalue weighted by Crippen LogP contribution is -2.40. The van der Waals surface area contributed by atoms with E-state index in [4.69, 9.17) is 13.6 Å². The van der Waals surface area contributed by atoms with Crippen LogP contribution in [0.25, 0.3) is 0 Å². The van der Waals surface area contributed by atoms with E-state index >= 15 is 0 Å². The number of nitrogens with zero attached hydrogens (tertiary/aromatic N) is 3. The average molecular weight is 313 g/mol. The van der Waals surface area contributed by atoms with E-state index in [-0.39, 0.29) is 0 Å². The molecule has 0 fully saturated rings. The maximum Gasteiger partial charge on any atom is 0.791 e. The molecule has 0 heterocycles. The van der Waals surface area contributed by atoms with Crippen molar-refractivity contribution < 1.29 is 13.6 Å². The van der Waals surface area contributed by atoms with Gasteiger partial charge in [0.1, 0.15) is 0 Å². The Hall–Kier alpha value is -1.63. The number of hydrogen-bond acceptors (Lipinski definition) is 6. The summed E-state index contributed by atoms with van der Waals surface area (Å²) in [6, 6.07) is 0. The monoisotopic (exact) mass is 313 g/mol. The Balaban J connectivity index is 5.22. The van der Waals surface area contributed by atoms with Crippen molar-refractivity contribution in [1.82, 2.24) is 0 Å². The van der Waals surface area contributed by atoms with Gasteiger partial charge in [0.25, 0.3) is 0 Å². The van der Waals surface area contributed by atoms with Gasteiger partial charge in [-0.25, -0.2) is 0 Å². The molecule has 0 unspecified atom stereocenters. The summed E-state index contributed by atoms with van der Waals surface area (Å²) in [7, 11) is -3.31. The molecular formula is C14H27N3O3Si. The van der Waals surface area contributed by atoms with Crippen LogP contribution in [-0.4, -0.2) is 25.9 Å². The van der Waals surface area contributed by atoms with Crippen molar-refractivity contribution in [2.75, 3.05) is 0 Å². The lowest BCUT2D eigenvalue weighted by molar-refractivity contribution is 0.0785. The van der Waals surface area contributed by atoms with Crippen molar-refractivity contribution in [3.05, 3.63) is 12.3 Å². The fourth-order valence-corrected chi connectivity index (χ4v) is 1.95. The van der Waals surface area contributed by atoms with Crippen LogP contribution >= 0.6 is 0 Å². The van der Waals surface area contributed by atoms with E-state index in [2.05, 4.69) is 22.0 Å². The van der Waals surface area contributed by atoms with Crippen molar-refractivity contribution >= 4 is 25.9 Å². The molecule has 0 aromatic carbocycles. The van der Waals surface area contributed by atoms with Crippen LogP contribution in [0.2, 0.25) is 0 Å². The zero-order valence-electron chi connectivity index (χ0n) is 14.0. The molecule has 0 aliphatic carbocycles. The lowest BCUT2D eigenvalue weighted by atomic mass is 10.3. The first-order valence-corrected chi connectivity index (χ1v) is 9.01. The maximum atomic E-state index is 5.47. The molecule has 7 heteroatoms. The van der Waals surface area contributed by atoms with E-state index in [1.807, 2.05) is 41.5 Å². The van der Waals surface area contributed by atoms with Gasteiger partial charge in [0.2, 0.25) is 0 Å². The fraction of sp³-hybridized carbons (Fsp3) is 0.643. The predicted molar refractivity (Wildman–Crippen MR) is 89.4 cm³/mol. The molecule has 0 spiro atoms. The van der Waals surface area contributed by atoms with Gasteiger partial charge >= 0.3 is 8.80 Å². The minimum absolute atomic E-state index is 0.774. The van der Waals surface area contributed by atoms with Gasteiger partial charge in [-0.15, -0.1) is 15.5 Å². The Morgan fingerprint density at radius 3 is 1.29 bits per heavy atom. The summed E-state index contributed by atoms with van der Waals surface area (Å²) in [5.41, 5.74) is 3.95. The molecule has 0 rings (SSSR count). The molecule has 0 saturated heterocycles. The normalized spacial score (nSPS) is 13.9. The molecular weight excluding hydrogens is 286 g/mol. The van der Waals surface area contributed by atoms with Crippen LogP contribution in [0.1, 0.15) is 60.8 Å². The van der Waals surface area contributed by atoms with E-state index in [0.717, 1.165) is 36.4 Å². The zero-order valence-corrected chi connectivity index (χ0v) is 15.0. The van der Waals surface area contributed by atoms with Gasteiger partial charge in [0.05, 0.1) is 17.1 Å². The summed E-state index contributed by atoms with van der Waals surface area (Å²) in [5.74, 6) is 0. The summed E-state index contributed by atoms with van der Waals surface area (Å²) in [6.45, 7) is 15.3. The largest absolute Gasteiger partial charge is 0.791 e. The summed E-state index contributed by atoms with van der Waals surface area (Å²) in [4.78, 5) is 0. The second-order valence-corrected chi connectivity index (χ2v) is 6.78. The Morgan fingerprint density at radius 2 is 1.10 bits per heavy atom. The minimum Gasteiger partial charge on any atom is -0.370 e. The minimum atomic E-state index is -3.31. The molecule has 0 saturated carbocycles. The molecule has 0 radical (unpaired) electrons. The van der Waals surface area contributed by atoms with Crippen LogP contribution in [0.4, 0.5) is 0 Å². The molecule has 0 aromatic rings. The highest BCUT2D eigenvalue weighted by atomic mass is 28.4. The first kappa shape index (κ1) is 19.4. The molecule has 0 bridgehead atoms. The summed E-state index contributed by atoms with van der Waals surface area (Å²) >= 11 is 0. The summed E-state index contributed by atoms with van der Waals surface area (Å²) in [6.07, 6.45) is 2.32. The van der Waals surface area contributed by atoms with Crippen LogP contribution in [0.3, 0.4) is 0 Å². The Kier molecular flexibility index (Phi) is 9.36. The Morgan fingerprint density at radius 1 is 0.810 bits per heavy atom. The smallest absolute Gasteiger partial charge is 0.370 e. The van der Waals surface area contributed by atoms with E-state index in [9.17, 15) is 0 Å². The van der Waals surface area contributed by atoms with E-state index in [1.165, 1.54) is 5.70 Å². The molecule has 0 atom stereocenters. The third kappa shape index (κ3) is 7.65. The lowest BCUT2D eigenvalue weighted by Gasteiger charge is -2.19. The van der Waals surface area contributed by atoms with E-state index < -0.39 is 8.80 Å². The quantitative estimate of drug-likeness (QED) is 0.347. The molecule has 6 nitrogen and oxygen atoms in total. The summed E-state index contributed by atoms with van der Waals surface area (Å²) < 4.78 is 16.4. The second kappa shape index (κ2) is 10.1. The Labute approximate surface area is 128 Å². The van der Waals surface area contributed by atoms with Crippen LogP contribution in [-0.2, 0) is 13.6 Å². The van der Waals surface area contributed by atoms with Gasteiger partial charge in [0.15, 0.2) is 0 Å². The fourth-order valence-electron chi connectivity index (χ4n) is 0.780. The zero-order chi connectivity index (χ0) is 16.3. The van der Waals surface area contributed by atoms with Gasteiger partial charge in [-0.1, -0.05) is 27.4 Å². The maximum absolute atomic E-state index is 5.47. The van der Waals surface area contributed by atoms with Gasteiger partial charge < -0.3 is 13.6 Å². The molecule has 0 aliphatic rings. The molecule has 120 valence electrons. The van der Waals surface area contributed by atoms with Gasteiger partial charge in [-0.05, 0) is 40.0 Å².